The van der Waals surface area contributed by atoms with Crippen molar-refractivity contribution in [3.63, 3.8) is 0 Å². The average molecular weight is 279 g/mol. The van der Waals surface area contributed by atoms with Gasteiger partial charge in [0.15, 0.2) is 0 Å². The minimum absolute atomic E-state index is 0.00131. The summed E-state index contributed by atoms with van der Waals surface area (Å²) >= 11 is 0. The highest BCUT2D eigenvalue weighted by Crippen LogP contribution is 2.22. The smallest absolute Gasteiger partial charge is 0.328 e. The Hall–Kier alpha value is -2.24. The fraction of sp³-hybridized carbons (Fsp3) is 0.429. The summed E-state index contributed by atoms with van der Waals surface area (Å²) in [6.07, 6.45) is 0. The van der Waals surface area contributed by atoms with E-state index in [4.69, 9.17) is 10.5 Å². The van der Waals surface area contributed by atoms with Gasteiger partial charge in [0.25, 0.3) is 5.91 Å². The topological polar surface area (TPSA) is 93.5 Å². The number of anilines is 2. The molecule has 0 heterocycles. The number of nitrogens with two attached hydrogens (primary N) is 1. The Morgan fingerprint density at radius 1 is 1.30 bits per heavy atom. The maximum Gasteiger partial charge on any atom is 0.328 e. The molecule has 1 aromatic rings. The van der Waals surface area contributed by atoms with Crippen molar-refractivity contribution in [3.05, 3.63) is 23.8 Å². The molecule has 0 aliphatic carbocycles. The molecule has 0 fully saturated rings. The lowest BCUT2D eigenvalue weighted by Gasteiger charge is -2.22. The molecule has 1 atom stereocenters. The molecule has 0 aliphatic rings. The Morgan fingerprint density at radius 3 is 2.45 bits per heavy atom. The van der Waals surface area contributed by atoms with Crippen molar-refractivity contribution in [2.24, 2.45) is 5.92 Å². The van der Waals surface area contributed by atoms with Gasteiger partial charge in [-0.1, -0.05) is 13.8 Å². The van der Waals surface area contributed by atoms with E-state index in [1.807, 2.05) is 13.8 Å². The van der Waals surface area contributed by atoms with Gasteiger partial charge < -0.3 is 21.1 Å². The van der Waals surface area contributed by atoms with Gasteiger partial charge in [0.05, 0.1) is 12.7 Å². The number of hydrogen-bond acceptors (Lipinski definition) is 5. The number of methoxy groups -OCH3 is 1. The van der Waals surface area contributed by atoms with Crippen LogP contribution < -0.4 is 16.4 Å². The minimum Gasteiger partial charge on any atom is -0.467 e. The predicted molar refractivity (Wildman–Crippen MR) is 78.5 cm³/mol. The predicted octanol–water partition coefficient (Wildman–Crippen LogP) is 1.24. The van der Waals surface area contributed by atoms with Crippen LogP contribution in [0.2, 0.25) is 0 Å². The van der Waals surface area contributed by atoms with Crippen LogP contribution in [-0.2, 0) is 9.53 Å². The fourth-order valence-corrected chi connectivity index (χ4v) is 1.81. The number of carbonyl (C=O) groups is 2. The van der Waals surface area contributed by atoms with Crippen LogP contribution in [0.5, 0.6) is 0 Å². The highest BCUT2D eigenvalue weighted by molar-refractivity contribution is 6.00. The van der Waals surface area contributed by atoms with Crippen LogP contribution >= 0.6 is 0 Å². The van der Waals surface area contributed by atoms with Crippen LogP contribution in [0, 0.1) is 5.92 Å². The first-order valence-electron chi connectivity index (χ1n) is 6.36. The number of nitrogen functional groups attached to an aromatic ring is 1. The van der Waals surface area contributed by atoms with Gasteiger partial charge in [-0.05, 0) is 24.1 Å². The first kappa shape index (κ1) is 15.8. The average Bonchev–Trinajstić information content (AvgIpc) is 2.42. The van der Waals surface area contributed by atoms with Gasteiger partial charge in [0.2, 0.25) is 0 Å². The van der Waals surface area contributed by atoms with Crippen molar-refractivity contribution in [1.29, 1.82) is 0 Å². The lowest BCUT2D eigenvalue weighted by atomic mass is 10.0. The first-order valence-corrected chi connectivity index (χ1v) is 6.36. The van der Waals surface area contributed by atoms with E-state index in [0.717, 1.165) is 0 Å². The molecule has 0 aromatic heterocycles. The van der Waals surface area contributed by atoms with E-state index < -0.39 is 6.04 Å². The molecule has 1 unspecified atom stereocenters. The Morgan fingerprint density at radius 2 is 1.95 bits per heavy atom. The largest absolute Gasteiger partial charge is 0.467 e. The van der Waals surface area contributed by atoms with Crippen LogP contribution in [-0.4, -0.2) is 32.1 Å². The molecule has 0 saturated carbocycles. The third-order valence-electron chi connectivity index (χ3n) is 2.95. The van der Waals surface area contributed by atoms with Crippen LogP contribution in [0.4, 0.5) is 11.4 Å². The van der Waals surface area contributed by atoms with Crippen LogP contribution in [0.1, 0.15) is 24.2 Å². The quantitative estimate of drug-likeness (QED) is 0.557. The van der Waals surface area contributed by atoms with Crippen molar-refractivity contribution in [2.75, 3.05) is 25.2 Å². The number of hydrogen-bond donors (Lipinski definition) is 3. The second kappa shape index (κ2) is 6.79. The number of esters is 1. The molecule has 110 valence electrons. The zero-order valence-electron chi connectivity index (χ0n) is 12.2. The Labute approximate surface area is 118 Å². The molecule has 0 radical (unpaired) electrons. The lowest BCUT2D eigenvalue weighted by Crippen LogP contribution is -2.36. The molecular weight excluding hydrogens is 258 g/mol. The second-order valence-corrected chi connectivity index (χ2v) is 4.77. The van der Waals surface area contributed by atoms with Crippen molar-refractivity contribution in [3.8, 4) is 0 Å². The zero-order chi connectivity index (χ0) is 15.3. The molecule has 6 heteroatoms. The third-order valence-corrected chi connectivity index (χ3v) is 2.95. The molecule has 1 amide bonds. The van der Waals surface area contributed by atoms with E-state index in [2.05, 4.69) is 10.6 Å². The van der Waals surface area contributed by atoms with E-state index in [-0.39, 0.29) is 17.8 Å². The Kier molecular flexibility index (Phi) is 5.37. The van der Waals surface area contributed by atoms with E-state index in [9.17, 15) is 9.59 Å². The minimum atomic E-state index is -0.551. The molecule has 0 aliphatic heterocycles. The third kappa shape index (κ3) is 3.63. The van der Waals surface area contributed by atoms with Crippen LogP contribution in [0.25, 0.3) is 0 Å². The summed E-state index contributed by atoms with van der Waals surface area (Å²) in [5.74, 6) is -0.633. The summed E-state index contributed by atoms with van der Waals surface area (Å²) < 4.78 is 4.77. The summed E-state index contributed by atoms with van der Waals surface area (Å²) in [7, 11) is 2.88. The maximum atomic E-state index is 11.8. The standard InChI is InChI=1S/C14H21N3O3/c1-8(2)12(14(19)20-4)17-11-7-9(15)5-6-10(11)13(18)16-3/h5-8,12,17H,15H2,1-4H3,(H,16,18). The fourth-order valence-electron chi connectivity index (χ4n) is 1.81. The number of carbonyl (C=O) groups excluding carboxylic acids is 2. The Balaban J connectivity index is 3.14. The highest BCUT2D eigenvalue weighted by Gasteiger charge is 2.24. The summed E-state index contributed by atoms with van der Waals surface area (Å²) in [5.41, 5.74) is 7.18. The molecule has 1 rings (SSSR count). The number of rotatable bonds is 5. The number of nitrogens with one attached hydrogen (secondary N) is 2. The van der Waals surface area contributed by atoms with Crippen LogP contribution in [0.15, 0.2) is 18.2 Å². The van der Waals surface area contributed by atoms with Gasteiger partial charge in [0.1, 0.15) is 6.04 Å². The summed E-state index contributed by atoms with van der Waals surface area (Å²) in [6.45, 7) is 3.78. The van der Waals surface area contributed by atoms with Gasteiger partial charge in [-0.3, -0.25) is 4.79 Å². The molecule has 0 bridgehead atoms. The van der Waals surface area contributed by atoms with Crippen LogP contribution in [0.3, 0.4) is 0 Å². The monoisotopic (exact) mass is 279 g/mol. The number of benzene rings is 1. The number of ether oxygens (including phenoxy) is 1. The molecular formula is C14H21N3O3. The summed E-state index contributed by atoms with van der Waals surface area (Å²) in [5, 5.41) is 5.59. The molecule has 6 nitrogen and oxygen atoms in total. The lowest BCUT2D eigenvalue weighted by molar-refractivity contribution is -0.142. The van der Waals surface area contributed by atoms with Crippen molar-refractivity contribution in [2.45, 2.75) is 19.9 Å². The van der Waals surface area contributed by atoms with E-state index in [0.29, 0.717) is 16.9 Å². The first-order chi connectivity index (χ1) is 9.40. The van der Waals surface area contributed by atoms with Crippen molar-refractivity contribution in [1.82, 2.24) is 5.32 Å². The molecule has 20 heavy (non-hydrogen) atoms. The van der Waals surface area contributed by atoms with Gasteiger partial charge in [-0.25, -0.2) is 4.79 Å². The SMILES string of the molecule is CNC(=O)c1ccc(N)cc1NC(C(=O)OC)C(C)C. The second-order valence-electron chi connectivity index (χ2n) is 4.77. The van der Waals surface area contributed by atoms with E-state index in [1.165, 1.54) is 7.11 Å². The molecule has 1 aromatic carbocycles. The number of amides is 1. The van der Waals surface area contributed by atoms with E-state index >= 15 is 0 Å². The van der Waals surface area contributed by atoms with Gasteiger partial charge in [-0.15, -0.1) is 0 Å². The van der Waals surface area contributed by atoms with E-state index in [1.54, 1.807) is 25.2 Å². The molecule has 4 N–H and O–H groups in total. The van der Waals surface area contributed by atoms with Crippen molar-refractivity contribution >= 4 is 23.3 Å². The van der Waals surface area contributed by atoms with Gasteiger partial charge in [0, 0.05) is 18.4 Å². The highest BCUT2D eigenvalue weighted by atomic mass is 16.5. The molecule has 0 saturated heterocycles. The summed E-state index contributed by atoms with van der Waals surface area (Å²) in [4.78, 5) is 23.6. The Bertz CT molecular complexity index is 500. The zero-order valence-corrected chi connectivity index (χ0v) is 12.2. The summed E-state index contributed by atoms with van der Waals surface area (Å²) in [6, 6.07) is 4.33. The van der Waals surface area contributed by atoms with Gasteiger partial charge >= 0.3 is 5.97 Å². The maximum absolute atomic E-state index is 11.8. The normalized spacial score (nSPS) is 11.8. The van der Waals surface area contributed by atoms with Crippen molar-refractivity contribution < 1.29 is 14.3 Å². The molecule has 0 spiro atoms. The van der Waals surface area contributed by atoms with Gasteiger partial charge in [-0.2, -0.15) is 0 Å².